The molecule has 2 atom stereocenters. The van der Waals surface area contributed by atoms with Crippen LogP contribution in [-0.2, 0) is 20.7 Å². The first kappa shape index (κ1) is 21.4. The quantitative estimate of drug-likeness (QED) is 0.606. The van der Waals surface area contributed by atoms with Crippen LogP contribution in [0.15, 0.2) is 60.4 Å². The number of para-hydroxylation sites is 1. The van der Waals surface area contributed by atoms with Crippen molar-refractivity contribution in [3.63, 3.8) is 0 Å². The molecule has 3 aromatic rings. The van der Waals surface area contributed by atoms with Gasteiger partial charge in [-0.3, -0.25) is 14.5 Å². The van der Waals surface area contributed by atoms with Crippen LogP contribution in [0.2, 0.25) is 0 Å². The number of hydrogen-bond acceptors (Lipinski definition) is 4. The minimum absolute atomic E-state index is 0.0705. The van der Waals surface area contributed by atoms with Crippen molar-refractivity contribution in [2.24, 2.45) is 0 Å². The zero-order valence-corrected chi connectivity index (χ0v) is 18.7. The maximum absolute atomic E-state index is 13.6. The summed E-state index contributed by atoms with van der Waals surface area (Å²) < 4.78 is 19.4. The fourth-order valence-electron chi connectivity index (χ4n) is 4.87. The van der Waals surface area contributed by atoms with E-state index < -0.39 is 0 Å². The zero-order valence-electron chi connectivity index (χ0n) is 18.7. The molecule has 1 saturated heterocycles. The highest BCUT2D eigenvalue weighted by Crippen LogP contribution is 2.33. The molecule has 2 aliphatic rings. The highest BCUT2D eigenvalue weighted by molar-refractivity contribution is 6.35. The average Bonchev–Trinajstić information content (AvgIpc) is 3.30. The van der Waals surface area contributed by atoms with Gasteiger partial charge in [-0.05, 0) is 49.6 Å². The number of carbonyl (C=O) groups excluding carboxylic acids is 2. The third-order valence-electron chi connectivity index (χ3n) is 6.29. The Hall–Kier alpha value is -3.45. The van der Waals surface area contributed by atoms with Gasteiger partial charge in [0.25, 0.3) is 11.8 Å². The summed E-state index contributed by atoms with van der Waals surface area (Å²) in [6.07, 6.45) is 2.33. The van der Waals surface area contributed by atoms with Crippen LogP contribution in [0.5, 0.6) is 0 Å². The van der Waals surface area contributed by atoms with E-state index in [0.717, 1.165) is 16.5 Å². The summed E-state index contributed by atoms with van der Waals surface area (Å²) in [6.45, 7) is 5.20. The topological polar surface area (TPSA) is 65.6 Å². The summed E-state index contributed by atoms with van der Waals surface area (Å²) >= 11 is 0. The molecule has 2 amide bonds. The first-order valence-electron chi connectivity index (χ1n) is 11.2. The molecule has 0 radical (unpaired) electrons. The molecule has 0 spiro atoms. The number of aromatic amines is 1. The number of hydrogen-bond donors (Lipinski definition) is 1. The van der Waals surface area contributed by atoms with Gasteiger partial charge in [0, 0.05) is 36.7 Å². The number of nitrogens with zero attached hydrogens (tertiary/aromatic N) is 2. The van der Waals surface area contributed by atoms with E-state index in [-0.39, 0.29) is 36.4 Å². The number of halogens is 1. The van der Waals surface area contributed by atoms with Crippen LogP contribution in [0, 0.1) is 5.82 Å². The van der Waals surface area contributed by atoms with E-state index in [9.17, 15) is 14.0 Å². The number of H-pyrrole nitrogens is 1. The number of benzene rings is 2. The standard InChI is InChI=1S/C26H26FN3O3/c1-16-14-29(15-17(2)33-16)24-23(18-7-9-20(27)10-8-18)25(31)30(26(24)32)12-11-19-13-28-22-6-4-3-5-21(19)22/h3-10,13,16-17,28H,11-12,14-15H2,1-2H3. The van der Waals surface area contributed by atoms with Crippen LogP contribution in [0.25, 0.3) is 16.5 Å². The number of rotatable bonds is 5. The normalized spacial score (nSPS) is 21.5. The van der Waals surface area contributed by atoms with Crippen LogP contribution < -0.4 is 0 Å². The lowest BCUT2D eigenvalue weighted by molar-refractivity contribution is -0.138. The summed E-state index contributed by atoms with van der Waals surface area (Å²) in [7, 11) is 0. The Balaban J connectivity index is 1.47. The number of carbonyl (C=O) groups is 2. The first-order chi connectivity index (χ1) is 15.9. The molecule has 1 aromatic heterocycles. The van der Waals surface area contributed by atoms with E-state index in [1.54, 1.807) is 12.1 Å². The smallest absolute Gasteiger partial charge is 0.277 e. The summed E-state index contributed by atoms with van der Waals surface area (Å²) in [5.74, 6) is -1.03. The summed E-state index contributed by atoms with van der Waals surface area (Å²) in [4.78, 5) is 33.6. The molecule has 1 fully saturated rings. The van der Waals surface area contributed by atoms with Crippen molar-refractivity contribution in [2.75, 3.05) is 19.6 Å². The van der Waals surface area contributed by atoms with Crippen LogP contribution in [0.1, 0.15) is 25.0 Å². The number of amides is 2. The monoisotopic (exact) mass is 447 g/mol. The molecular weight excluding hydrogens is 421 g/mol. The lowest BCUT2D eigenvalue weighted by Crippen LogP contribution is -2.47. The molecule has 1 N–H and O–H groups in total. The van der Waals surface area contributed by atoms with Gasteiger partial charge in [0.15, 0.2) is 0 Å². The Morgan fingerprint density at radius 3 is 2.42 bits per heavy atom. The number of imide groups is 1. The van der Waals surface area contributed by atoms with Crippen molar-refractivity contribution in [3.8, 4) is 0 Å². The largest absolute Gasteiger partial charge is 0.372 e. The highest BCUT2D eigenvalue weighted by Gasteiger charge is 2.42. The molecule has 0 bridgehead atoms. The molecule has 2 unspecified atom stereocenters. The molecular formula is C26H26FN3O3. The second-order valence-corrected chi connectivity index (χ2v) is 8.76. The predicted molar refractivity (Wildman–Crippen MR) is 124 cm³/mol. The third kappa shape index (κ3) is 3.93. The fourth-order valence-corrected chi connectivity index (χ4v) is 4.87. The zero-order chi connectivity index (χ0) is 23.1. The van der Waals surface area contributed by atoms with E-state index in [2.05, 4.69) is 4.98 Å². The molecule has 5 rings (SSSR count). The maximum atomic E-state index is 13.6. The SMILES string of the molecule is CC1CN(C2=C(c3ccc(F)cc3)C(=O)N(CCc3c[nH]c4ccccc34)C2=O)CC(C)O1. The van der Waals surface area contributed by atoms with Gasteiger partial charge in [-0.15, -0.1) is 0 Å². The number of fused-ring (bicyclic) bond motifs is 1. The molecule has 6 nitrogen and oxygen atoms in total. The van der Waals surface area contributed by atoms with Crippen LogP contribution in [0.4, 0.5) is 4.39 Å². The van der Waals surface area contributed by atoms with Crippen LogP contribution >= 0.6 is 0 Å². The minimum Gasteiger partial charge on any atom is -0.372 e. The van der Waals surface area contributed by atoms with Crippen molar-refractivity contribution in [1.29, 1.82) is 0 Å². The summed E-state index contributed by atoms with van der Waals surface area (Å²) in [5.41, 5.74) is 3.34. The molecule has 170 valence electrons. The lowest BCUT2D eigenvalue weighted by Gasteiger charge is -2.37. The van der Waals surface area contributed by atoms with Gasteiger partial charge in [0.2, 0.25) is 0 Å². The Labute approximate surface area is 191 Å². The van der Waals surface area contributed by atoms with Gasteiger partial charge in [0.1, 0.15) is 11.5 Å². The van der Waals surface area contributed by atoms with Gasteiger partial charge < -0.3 is 14.6 Å². The van der Waals surface area contributed by atoms with Crippen molar-refractivity contribution in [3.05, 3.63) is 77.4 Å². The Morgan fingerprint density at radius 1 is 1.00 bits per heavy atom. The summed E-state index contributed by atoms with van der Waals surface area (Å²) in [6, 6.07) is 13.7. The van der Waals surface area contributed by atoms with Crippen LogP contribution in [-0.4, -0.2) is 58.4 Å². The van der Waals surface area contributed by atoms with Gasteiger partial charge in [-0.2, -0.15) is 0 Å². The molecule has 7 heteroatoms. The maximum Gasteiger partial charge on any atom is 0.277 e. The van der Waals surface area contributed by atoms with Gasteiger partial charge in [0.05, 0.1) is 17.8 Å². The molecule has 2 aliphatic heterocycles. The third-order valence-corrected chi connectivity index (χ3v) is 6.29. The molecule has 0 aliphatic carbocycles. The Bertz CT molecular complexity index is 1240. The Morgan fingerprint density at radius 2 is 1.70 bits per heavy atom. The minimum atomic E-state index is -0.387. The van der Waals surface area contributed by atoms with E-state index >= 15 is 0 Å². The van der Waals surface area contributed by atoms with Crippen molar-refractivity contribution < 1.29 is 18.7 Å². The average molecular weight is 448 g/mol. The molecule has 3 heterocycles. The molecule has 33 heavy (non-hydrogen) atoms. The number of aromatic nitrogens is 1. The van der Waals surface area contributed by atoms with Gasteiger partial charge in [-0.25, -0.2) is 4.39 Å². The summed E-state index contributed by atoms with van der Waals surface area (Å²) in [5, 5.41) is 1.08. The van der Waals surface area contributed by atoms with Crippen molar-refractivity contribution in [2.45, 2.75) is 32.5 Å². The Kier molecular flexibility index (Phi) is 5.50. The molecule has 0 saturated carbocycles. The fraction of sp³-hybridized carbons (Fsp3) is 0.308. The first-order valence-corrected chi connectivity index (χ1v) is 11.2. The second kappa shape index (κ2) is 8.48. The van der Waals surface area contributed by atoms with Crippen molar-refractivity contribution in [1.82, 2.24) is 14.8 Å². The van der Waals surface area contributed by atoms with Gasteiger partial charge in [-0.1, -0.05) is 30.3 Å². The van der Waals surface area contributed by atoms with Gasteiger partial charge >= 0.3 is 0 Å². The second-order valence-electron chi connectivity index (χ2n) is 8.76. The van der Waals surface area contributed by atoms with E-state index in [4.69, 9.17) is 4.74 Å². The van der Waals surface area contributed by atoms with E-state index in [1.165, 1.54) is 17.0 Å². The predicted octanol–water partition coefficient (Wildman–Crippen LogP) is 3.74. The number of morpholine rings is 1. The van der Waals surface area contributed by atoms with E-state index in [1.807, 2.05) is 49.2 Å². The van der Waals surface area contributed by atoms with Crippen molar-refractivity contribution >= 4 is 28.3 Å². The number of nitrogens with one attached hydrogen (secondary N) is 1. The highest BCUT2D eigenvalue weighted by atomic mass is 19.1. The number of ether oxygens (including phenoxy) is 1. The van der Waals surface area contributed by atoms with E-state index in [0.29, 0.717) is 36.3 Å². The van der Waals surface area contributed by atoms with Crippen LogP contribution in [0.3, 0.4) is 0 Å². The lowest BCUT2D eigenvalue weighted by atomic mass is 10.0. The molecule has 2 aromatic carbocycles.